The van der Waals surface area contributed by atoms with E-state index in [0.29, 0.717) is 0 Å². The second kappa shape index (κ2) is 15.7. The molecule has 0 saturated heterocycles. The van der Waals surface area contributed by atoms with Crippen LogP contribution in [-0.2, 0) is 47.9 Å². The standard InChI is InChI=1S/Ba.Ca.Ti.Zr.4H. The molecule has 0 aliphatic carbocycles. The van der Waals surface area contributed by atoms with Crippen molar-refractivity contribution in [2.75, 3.05) is 0 Å². The van der Waals surface area contributed by atoms with Crippen LogP contribution < -0.4 is 0 Å². The van der Waals surface area contributed by atoms with E-state index in [4.69, 9.17) is 0 Å². The molecule has 0 spiro atoms. The fourth-order valence-corrected chi connectivity index (χ4v) is 0. The molecule has 0 fully saturated rings. The van der Waals surface area contributed by atoms with Crippen molar-refractivity contribution in [3.8, 4) is 0 Å². The summed E-state index contributed by atoms with van der Waals surface area (Å²) in [7, 11) is 0. The third-order valence-electron chi connectivity index (χ3n) is 0. The Morgan fingerprint density at radius 1 is 1.00 bits per heavy atom. The van der Waals surface area contributed by atoms with Gasteiger partial charge >= 0.3 is 86.6 Å². The zero-order chi connectivity index (χ0) is 0. The van der Waals surface area contributed by atoms with Crippen LogP contribution in [0.1, 0.15) is 0 Å². The number of rotatable bonds is 0. The van der Waals surface area contributed by atoms with Gasteiger partial charge in [-0.25, -0.2) is 0 Å². The first-order chi connectivity index (χ1) is 0. The fraction of sp³-hybridized carbons (Fsp3) is 0. The third kappa shape index (κ3) is 9.66. The van der Waals surface area contributed by atoms with Crippen LogP contribution in [0.4, 0.5) is 0 Å². The molecule has 0 aliphatic heterocycles. The third-order valence-corrected chi connectivity index (χ3v) is 0. The molecule has 0 aromatic carbocycles. The van der Waals surface area contributed by atoms with Crippen LogP contribution in [0.2, 0.25) is 0 Å². The van der Waals surface area contributed by atoms with Crippen LogP contribution in [0.3, 0.4) is 0 Å². The van der Waals surface area contributed by atoms with Gasteiger partial charge in [0.15, 0.2) is 0 Å². The van der Waals surface area contributed by atoms with E-state index >= 15 is 0 Å². The molecule has 0 radical (unpaired) electrons. The summed E-state index contributed by atoms with van der Waals surface area (Å²) in [4.78, 5) is 0. The maximum atomic E-state index is 0. The Bertz CT molecular complexity index is 8.00. The van der Waals surface area contributed by atoms with Gasteiger partial charge in [-0.3, -0.25) is 0 Å². The molecule has 0 amide bonds. The zero-order valence-electron chi connectivity index (χ0n) is 1.00. The molecule has 0 bridgehead atoms. The van der Waals surface area contributed by atoms with Crippen molar-refractivity contribution in [1.29, 1.82) is 0 Å². The number of hydrogen-bond donors (Lipinski definition) is 0. The smallest absolute Gasteiger partial charge is 0 e. The Balaban J connectivity index is 0. The molecule has 4 heteroatoms. The van der Waals surface area contributed by atoms with Crippen molar-refractivity contribution in [3.05, 3.63) is 0 Å². The molecular weight excluding hydrogens is 316 g/mol. The molecule has 0 nitrogen and oxygen atoms in total. The van der Waals surface area contributed by atoms with Gasteiger partial charge in [-0.1, -0.05) is 0 Å². The van der Waals surface area contributed by atoms with Crippen LogP contribution in [0, 0.1) is 0 Å². The molecule has 0 aromatic heterocycles. The topological polar surface area (TPSA) is 0 Å². The first kappa shape index (κ1) is 23.7. The number of hydrogen-bond acceptors (Lipinski definition) is 0. The molecule has 0 rings (SSSR count). The molecule has 0 heterocycles. The quantitative estimate of drug-likeness (QED) is 0.460. The van der Waals surface area contributed by atoms with Gasteiger partial charge in [-0.2, -0.15) is 0 Å². The summed E-state index contributed by atoms with van der Waals surface area (Å²) in [5, 5.41) is 0. The van der Waals surface area contributed by atoms with Crippen LogP contribution in [-0.4, -0.2) is 86.6 Å². The summed E-state index contributed by atoms with van der Waals surface area (Å²) in [5.74, 6) is 0. The van der Waals surface area contributed by atoms with Gasteiger partial charge in [0.1, 0.15) is 0 Å². The van der Waals surface area contributed by atoms with Crippen molar-refractivity contribution in [1.82, 2.24) is 0 Å². The van der Waals surface area contributed by atoms with E-state index in [1.165, 1.54) is 0 Å². The molecule has 0 N–H and O–H groups in total. The Labute approximate surface area is 130 Å². The SMILES string of the molecule is [BaH2].[CaH2].[Ti].[Zr]. The monoisotopic (exact) mass is 320 g/mol. The predicted molar refractivity (Wildman–Crippen MR) is 17.1 cm³/mol. The van der Waals surface area contributed by atoms with Crippen molar-refractivity contribution in [2.24, 2.45) is 0 Å². The first-order valence-corrected chi connectivity index (χ1v) is 0. The fourth-order valence-electron chi connectivity index (χ4n) is 0. The van der Waals surface area contributed by atoms with Crippen molar-refractivity contribution < 1.29 is 47.9 Å². The largest absolute Gasteiger partial charge is 0 e. The van der Waals surface area contributed by atoms with Crippen LogP contribution in [0.25, 0.3) is 0 Å². The minimum atomic E-state index is 0. The van der Waals surface area contributed by atoms with Crippen LogP contribution >= 0.6 is 0 Å². The molecule has 0 aliphatic rings. The molecule has 16 valence electrons. The van der Waals surface area contributed by atoms with Gasteiger partial charge in [0.25, 0.3) is 0 Å². The maximum absolute atomic E-state index is 0. The normalized spacial score (nSPS) is 0. The van der Waals surface area contributed by atoms with Gasteiger partial charge < -0.3 is 0 Å². The summed E-state index contributed by atoms with van der Waals surface area (Å²) < 4.78 is 0. The summed E-state index contributed by atoms with van der Waals surface area (Å²) in [6.45, 7) is 0. The second-order valence-electron chi connectivity index (χ2n) is 0. The average Bonchev–Trinajstić information content (AvgIpc) is 0. The van der Waals surface area contributed by atoms with E-state index in [0.717, 1.165) is 0 Å². The molecule has 0 unspecified atom stereocenters. The Morgan fingerprint density at radius 3 is 1.00 bits per heavy atom. The van der Waals surface area contributed by atoms with E-state index in [-0.39, 0.29) is 135 Å². The molecular formula is H4BaCaTiZr. The minimum Gasteiger partial charge on any atom is 0 e. The van der Waals surface area contributed by atoms with Gasteiger partial charge in [0.2, 0.25) is 0 Å². The van der Waals surface area contributed by atoms with Crippen LogP contribution in [0.15, 0.2) is 0 Å². The van der Waals surface area contributed by atoms with E-state index in [1.807, 2.05) is 0 Å². The average molecular weight is 321 g/mol. The Kier molecular flexibility index (Phi) is 92.8. The maximum Gasteiger partial charge on any atom is 0 e. The molecule has 0 saturated carbocycles. The van der Waals surface area contributed by atoms with Crippen molar-refractivity contribution in [3.63, 3.8) is 0 Å². The van der Waals surface area contributed by atoms with Gasteiger partial charge in [0.05, 0.1) is 0 Å². The van der Waals surface area contributed by atoms with E-state index in [2.05, 4.69) is 0 Å². The predicted octanol–water partition coefficient (Wildman–Crippen LogP) is -1.84. The zero-order valence-corrected chi connectivity index (χ0v) is 5.02. The van der Waals surface area contributed by atoms with Crippen molar-refractivity contribution in [2.45, 2.75) is 0 Å². The summed E-state index contributed by atoms with van der Waals surface area (Å²) in [6.07, 6.45) is 0. The Morgan fingerprint density at radius 2 is 1.00 bits per heavy atom. The summed E-state index contributed by atoms with van der Waals surface area (Å²) in [5.41, 5.74) is 0. The van der Waals surface area contributed by atoms with E-state index < -0.39 is 0 Å². The second-order valence-corrected chi connectivity index (χ2v) is 0. The van der Waals surface area contributed by atoms with Gasteiger partial charge in [-0.15, -0.1) is 0 Å². The van der Waals surface area contributed by atoms with Crippen molar-refractivity contribution >= 4 is 86.6 Å². The summed E-state index contributed by atoms with van der Waals surface area (Å²) in [6, 6.07) is 0. The minimum absolute atomic E-state index is 0. The molecule has 0 atom stereocenters. The van der Waals surface area contributed by atoms with Crippen LogP contribution in [0.5, 0.6) is 0 Å². The molecule has 4 heavy (non-hydrogen) atoms. The first-order valence-electron chi connectivity index (χ1n) is 0. The van der Waals surface area contributed by atoms with E-state index in [9.17, 15) is 0 Å². The van der Waals surface area contributed by atoms with Gasteiger partial charge in [0, 0.05) is 47.9 Å². The summed E-state index contributed by atoms with van der Waals surface area (Å²) >= 11 is 0. The molecule has 0 aromatic rings. The van der Waals surface area contributed by atoms with Gasteiger partial charge in [-0.05, 0) is 0 Å². The van der Waals surface area contributed by atoms with E-state index in [1.54, 1.807) is 0 Å². The Hall–Kier alpha value is 4.43.